The first-order chi connectivity index (χ1) is 17.5. The van der Waals surface area contributed by atoms with Gasteiger partial charge in [0.05, 0.1) is 22.8 Å². The fourth-order valence-electron chi connectivity index (χ4n) is 5.53. The van der Waals surface area contributed by atoms with Crippen molar-refractivity contribution in [2.24, 2.45) is 5.92 Å². The van der Waals surface area contributed by atoms with Crippen LogP contribution in [0.4, 0.5) is 13.2 Å². The largest absolute Gasteiger partial charge is 0.490 e. The van der Waals surface area contributed by atoms with E-state index in [0.29, 0.717) is 30.8 Å². The number of carboxylic acids is 1. The standard InChI is InChI=1S/C22H27N5O2S.C2HF3O2/c1-14-23-18(12-30-14)20(29)26-7-4-17-16(11-26)19(28)27-9-6-22(21(27)24-17)5-8-25(13-22)10-15-2-3-15;3-2(4,5)1(6)7/h12,15H,2-11,13H2,1H3;(H,6,7). The van der Waals surface area contributed by atoms with Gasteiger partial charge in [0.25, 0.3) is 11.5 Å². The predicted octanol–water partition coefficient (Wildman–Crippen LogP) is 2.60. The Hall–Kier alpha value is -2.80. The minimum atomic E-state index is -5.08. The predicted molar refractivity (Wildman–Crippen MR) is 128 cm³/mol. The summed E-state index contributed by atoms with van der Waals surface area (Å²) in [4.78, 5) is 48.9. The zero-order valence-corrected chi connectivity index (χ0v) is 21.2. The van der Waals surface area contributed by atoms with Crippen molar-refractivity contribution in [2.45, 2.75) is 63.7 Å². The highest BCUT2D eigenvalue weighted by Crippen LogP contribution is 2.42. The van der Waals surface area contributed by atoms with Crippen LogP contribution >= 0.6 is 11.3 Å². The molecule has 2 aromatic heterocycles. The molecule has 4 aliphatic rings. The fourth-order valence-corrected chi connectivity index (χ4v) is 6.11. The minimum absolute atomic E-state index is 0.0498. The maximum atomic E-state index is 13.4. The summed E-state index contributed by atoms with van der Waals surface area (Å²) in [7, 11) is 0. The number of halogens is 3. The summed E-state index contributed by atoms with van der Waals surface area (Å²) in [5.74, 6) is -0.935. The third kappa shape index (κ3) is 5.15. The van der Waals surface area contributed by atoms with Gasteiger partial charge >= 0.3 is 12.1 Å². The number of aliphatic carboxylic acids is 1. The van der Waals surface area contributed by atoms with Crippen molar-refractivity contribution in [1.29, 1.82) is 0 Å². The maximum absolute atomic E-state index is 13.4. The molecule has 13 heteroatoms. The lowest BCUT2D eigenvalue weighted by molar-refractivity contribution is -0.192. The second kappa shape index (κ2) is 9.50. The van der Waals surface area contributed by atoms with Crippen molar-refractivity contribution >= 4 is 23.2 Å². The molecule has 3 aliphatic heterocycles. The van der Waals surface area contributed by atoms with Crippen LogP contribution in [-0.2, 0) is 29.7 Å². The van der Waals surface area contributed by atoms with Crippen LogP contribution in [0.3, 0.4) is 0 Å². The van der Waals surface area contributed by atoms with Crippen molar-refractivity contribution in [3.63, 3.8) is 0 Å². The monoisotopic (exact) mass is 539 g/mol. The number of carbonyl (C=O) groups is 2. The molecule has 0 radical (unpaired) electrons. The van der Waals surface area contributed by atoms with E-state index in [-0.39, 0.29) is 16.9 Å². The van der Waals surface area contributed by atoms with Crippen LogP contribution in [0.1, 0.15) is 58.3 Å². The molecule has 2 aromatic rings. The summed E-state index contributed by atoms with van der Waals surface area (Å²) in [5.41, 5.74) is 2.21. The molecule has 0 aromatic carbocycles. The van der Waals surface area contributed by atoms with Crippen LogP contribution < -0.4 is 5.56 Å². The number of fused-ring (bicyclic) bond motifs is 3. The number of amides is 1. The number of rotatable bonds is 3. The van der Waals surface area contributed by atoms with Crippen LogP contribution in [-0.4, -0.2) is 73.7 Å². The Labute approximate surface area is 214 Å². The molecule has 1 spiro atoms. The number of alkyl halides is 3. The van der Waals surface area contributed by atoms with E-state index in [1.807, 2.05) is 11.5 Å². The van der Waals surface area contributed by atoms with Gasteiger partial charge in [-0.15, -0.1) is 11.3 Å². The van der Waals surface area contributed by atoms with Crippen LogP contribution in [0.2, 0.25) is 0 Å². The van der Waals surface area contributed by atoms with Crippen molar-refractivity contribution in [3.8, 4) is 0 Å². The fraction of sp³-hybridized carbons (Fsp3) is 0.625. The lowest BCUT2D eigenvalue weighted by Crippen LogP contribution is -2.42. The average molecular weight is 540 g/mol. The van der Waals surface area contributed by atoms with Gasteiger partial charge in [0.15, 0.2) is 0 Å². The summed E-state index contributed by atoms with van der Waals surface area (Å²) in [5, 5.41) is 9.81. The molecule has 9 nitrogen and oxygen atoms in total. The second-order valence-corrected chi connectivity index (χ2v) is 11.4. The lowest BCUT2D eigenvalue weighted by Gasteiger charge is -2.29. The number of carboxylic acid groups (broad SMARTS) is 1. The Morgan fingerprint density at radius 1 is 1.19 bits per heavy atom. The van der Waals surface area contributed by atoms with E-state index in [4.69, 9.17) is 14.9 Å². The Bertz CT molecular complexity index is 1290. The van der Waals surface area contributed by atoms with E-state index >= 15 is 0 Å². The van der Waals surface area contributed by atoms with Crippen LogP contribution in [0, 0.1) is 12.8 Å². The van der Waals surface area contributed by atoms with Crippen LogP contribution in [0.25, 0.3) is 0 Å². The molecule has 1 N–H and O–H groups in total. The van der Waals surface area contributed by atoms with Crippen molar-refractivity contribution in [2.75, 3.05) is 26.2 Å². The van der Waals surface area contributed by atoms with Gasteiger partial charge in [-0.25, -0.2) is 14.8 Å². The molecule has 6 rings (SSSR count). The summed E-state index contributed by atoms with van der Waals surface area (Å²) in [6, 6.07) is 0. The number of thiazole rings is 1. The number of aryl methyl sites for hydroxylation is 1. The molecule has 1 amide bonds. The number of hydrogen-bond acceptors (Lipinski definition) is 7. The quantitative estimate of drug-likeness (QED) is 0.639. The van der Waals surface area contributed by atoms with Gasteiger partial charge < -0.3 is 14.9 Å². The van der Waals surface area contributed by atoms with Crippen molar-refractivity contribution < 1.29 is 27.9 Å². The first-order valence-corrected chi connectivity index (χ1v) is 13.2. The van der Waals surface area contributed by atoms with E-state index in [9.17, 15) is 22.8 Å². The van der Waals surface area contributed by atoms with Crippen molar-refractivity contribution in [3.05, 3.63) is 43.5 Å². The lowest BCUT2D eigenvalue weighted by atomic mass is 9.85. The highest BCUT2D eigenvalue weighted by atomic mass is 32.1. The molecule has 1 saturated heterocycles. The van der Waals surface area contributed by atoms with Gasteiger partial charge in [-0.05, 0) is 45.1 Å². The van der Waals surface area contributed by atoms with Crippen LogP contribution in [0.15, 0.2) is 10.2 Å². The number of nitrogens with zero attached hydrogens (tertiary/aromatic N) is 5. The number of hydrogen-bond donors (Lipinski definition) is 1. The number of aromatic nitrogens is 3. The molecule has 0 bridgehead atoms. The molecule has 1 aliphatic carbocycles. The maximum Gasteiger partial charge on any atom is 0.490 e. The highest BCUT2D eigenvalue weighted by molar-refractivity contribution is 7.09. The third-order valence-electron chi connectivity index (χ3n) is 7.62. The van der Waals surface area contributed by atoms with Gasteiger partial charge in [-0.2, -0.15) is 13.2 Å². The second-order valence-electron chi connectivity index (χ2n) is 10.3. The van der Waals surface area contributed by atoms with E-state index < -0.39 is 12.1 Å². The SMILES string of the molecule is Cc1nc(C(=O)N2CCc3nc4n(c(=O)c3C2)CCC42CCN(CC3CC3)C2)cs1.O=C(O)C(F)(F)F. The van der Waals surface area contributed by atoms with E-state index in [2.05, 4.69) is 9.88 Å². The molecule has 37 heavy (non-hydrogen) atoms. The summed E-state index contributed by atoms with van der Waals surface area (Å²) >= 11 is 1.48. The van der Waals surface area contributed by atoms with Gasteiger partial charge in [-0.3, -0.25) is 14.2 Å². The number of likely N-dealkylation sites (tertiary alicyclic amines) is 1. The van der Waals surface area contributed by atoms with Gasteiger partial charge in [-0.1, -0.05) is 0 Å². The molecular weight excluding hydrogens is 511 g/mol. The van der Waals surface area contributed by atoms with E-state index in [1.54, 1.807) is 10.3 Å². The normalized spacial score (nSPS) is 23.0. The van der Waals surface area contributed by atoms with Gasteiger partial charge in [0, 0.05) is 43.4 Å². The molecule has 1 saturated carbocycles. The van der Waals surface area contributed by atoms with Crippen LogP contribution in [0.5, 0.6) is 0 Å². The first-order valence-electron chi connectivity index (χ1n) is 12.3. The third-order valence-corrected chi connectivity index (χ3v) is 8.39. The van der Waals surface area contributed by atoms with Gasteiger partial charge in [0.1, 0.15) is 11.5 Å². The van der Waals surface area contributed by atoms with E-state index in [0.717, 1.165) is 54.9 Å². The smallest absolute Gasteiger partial charge is 0.475 e. The van der Waals surface area contributed by atoms with E-state index in [1.165, 1.54) is 30.7 Å². The Morgan fingerprint density at radius 2 is 1.89 bits per heavy atom. The minimum Gasteiger partial charge on any atom is -0.475 e. The molecule has 1 atom stereocenters. The molecule has 1 unspecified atom stereocenters. The molecule has 200 valence electrons. The summed E-state index contributed by atoms with van der Waals surface area (Å²) in [6.07, 6.45) is 0.440. The average Bonchev–Trinajstić information content (AvgIpc) is 3.23. The summed E-state index contributed by atoms with van der Waals surface area (Å²) < 4.78 is 33.7. The Kier molecular flexibility index (Phi) is 6.63. The zero-order chi connectivity index (χ0) is 26.5. The molecular formula is C24H28F3N5O4S. The van der Waals surface area contributed by atoms with Crippen molar-refractivity contribution in [1.82, 2.24) is 24.3 Å². The molecule has 5 heterocycles. The van der Waals surface area contributed by atoms with Gasteiger partial charge in [0.2, 0.25) is 0 Å². The Balaban J connectivity index is 0.000000355. The first kappa shape index (κ1) is 25.8. The highest BCUT2D eigenvalue weighted by Gasteiger charge is 2.48. The summed E-state index contributed by atoms with van der Waals surface area (Å²) in [6.45, 7) is 6.98. The topological polar surface area (TPSA) is 109 Å². The zero-order valence-electron chi connectivity index (χ0n) is 20.4. The number of carbonyl (C=O) groups excluding carboxylic acids is 1. The molecule has 2 fully saturated rings. The Morgan fingerprint density at radius 3 is 2.51 bits per heavy atom.